The van der Waals surface area contributed by atoms with Crippen LogP contribution in [0.2, 0.25) is 0 Å². The van der Waals surface area contributed by atoms with Gasteiger partial charge in [0.05, 0.1) is 6.61 Å². The van der Waals surface area contributed by atoms with Crippen LogP contribution in [-0.2, 0) is 12.6 Å². The lowest BCUT2D eigenvalue weighted by atomic mass is 10.1. The Morgan fingerprint density at radius 2 is 1.81 bits per heavy atom. The van der Waals surface area contributed by atoms with Crippen LogP contribution in [0.25, 0.3) is 0 Å². The minimum atomic E-state index is -4.64. The van der Waals surface area contributed by atoms with Crippen LogP contribution >= 0.6 is 0 Å². The van der Waals surface area contributed by atoms with E-state index in [2.05, 4.69) is 9.97 Å². The average molecular weight is 297 g/mol. The molecule has 2 rings (SSSR count). The Hall–Kier alpha value is -2.31. The molecule has 2 N–H and O–H groups in total. The molecule has 0 unspecified atom stereocenters. The molecule has 21 heavy (non-hydrogen) atoms. The lowest BCUT2D eigenvalue weighted by Crippen LogP contribution is -2.13. The predicted molar refractivity (Wildman–Crippen MR) is 71.7 cm³/mol. The maximum atomic E-state index is 12.5. The van der Waals surface area contributed by atoms with Crippen molar-refractivity contribution in [3.63, 3.8) is 0 Å². The van der Waals surface area contributed by atoms with Gasteiger partial charge >= 0.3 is 6.18 Å². The molecular weight excluding hydrogens is 283 g/mol. The fourth-order valence-electron chi connectivity index (χ4n) is 1.74. The highest BCUT2D eigenvalue weighted by Crippen LogP contribution is 2.28. The minimum Gasteiger partial charge on any atom is -0.478 e. The molecule has 0 atom stereocenters. The van der Waals surface area contributed by atoms with Crippen molar-refractivity contribution in [2.45, 2.75) is 19.0 Å². The zero-order valence-electron chi connectivity index (χ0n) is 11.1. The average Bonchev–Trinajstić information content (AvgIpc) is 2.43. The monoisotopic (exact) mass is 297 g/mol. The summed E-state index contributed by atoms with van der Waals surface area (Å²) in [6, 6.07) is 10.9. The first kappa shape index (κ1) is 15.1. The summed E-state index contributed by atoms with van der Waals surface area (Å²) in [5, 5.41) is 0. The fourth-order valence-corrected chi connectivity index (χ4v) is 1.74. The van der Waals surface area contributed by atoms with E-state index in [-0.39, 0.29) is 18.3 Å². The number of alkyl halides is 3. The number of nitrogens with zero attached hydrogens (tertiary/aromatic N) is 2. The molecule has 0 aliphatic rings. The first-order valence-corrected chi connectivity index (χ1v) is 6.33. The van der Waals surface area contributed by atoms with E-state index in [1.54, 1.807) is 0 Å². The van der Waals surface area contributed by atoms with Crippen molar-refractivity contribution < 1.29 is 17.9 Å². The molecule has 112 valence electrons. The molecule has 0 amide bonds. The molecule has 2 aromatic rings. The van der Waals surface area contributed by atoms with E-state index >= 15 is 0 Å². The van der Waals surface area contributed by atoms with E-state index in [0.29, 0.717) is 6.42 Å². The number of nitrogens with two attached hydrogens (primary N) is 1. The van der Waals surface area contributed by atoms with Crippen LogP contribution in [0.5, 0.6) is 5.88 Å². The quantitative estimate of drug-likeness (QED) is 0.861. The number of hydrogen-bond donors (Lipinski definition) is 1. The van der Waals surface area contributed by atoms with Gasteiger partial charge in [0.1, 0.15) is 5.82 Å². The van der Waals surface area contributed by atoms with Crippen molar-refractivity contribution in [2.24, 2.45) is 0 Å². The lowest BCUT2D eigenvalue weighted by molar-refractivity contribution is -0.145. The van der Waals surface area contributed by atoms with Crippen molar-refractivity contribution in [3.05, 3.63) is 47.8 Å². The maximum absolute atomic E-state index is 12.5. The van der Waals surface area contributed by atoms with E-state index < -0.39 is 12.0 Å². The van der Waals surface area contributed by atoms with Gasteiger partial charge < -0.3 is 10.5 Å². The second kappa shape index (κ2) is 6.43. The summed E-state index contributed by atoms with van der Waals surface area (Å²) < 4.78 is 42.8. The van der Waals surface area contributed by atoms with Crippen LogP contribution in [-0.4, -0.2) is 16.6 Å². The largest absolute Gasteiger partial charge is 0.478 e. The molecule has 1 aromatic carbocycles. The first-order chi connectivity index (χ1) is 9.95. The van der Waals surface area contributed by atoms with Gasteiger partial charge in [-0.15, -0.1) is 0 Å². The number of ether oxygens (including phenoxy) is 1. The SMILES string of the molecule is Nc1cc(OCCCc2ccccc2)nc(C(F)(F)F)n1. The van der Waals surface area contributed by atoms with Crippen LogP contribution in [0.3, 0.4) is 0 Å². The smallest absolute Gasteiger partial charge is 0.451 e. The topological polar surface area (TPSA) is 61.0 Å². The summed E-state index contributed by atoms with van der Waals surface area (Å²) in [4.78, 5) is 6.45. The first-order valence-electron chi connectivity index (χ1n) is 6.33. The Labute approximate surface area is 119 Å². The van der Waals surface area contributed by atoms with Gasteiger partial charge in [0, 0.05) is 6.07 Å². The van der Waals surface area contributed by atoms with Crippen molar-refractivity contribution >= 4 is 5.82 Å². The standard InChI is InChI=1S/C14H14F3N3O/c15-14(16,17)13-19-11(18)9-12(20-13)21-8-4-7-10-5-2-1-3-6-10/h1-3,5-6,9H,4,7-8H2,(H2,18,19,20). The van der Waals surface area contributed by atoms with Gasteiger partial charge in [0.15, 0.2) is 0 Å². The van der Waals surface area contributed by atoms with Crippen molar-refractivity contribution in [2.75, 3.05) is 12.3 Å². The van der Waals surface area contributed by atoms with Crippen LogP contribution in [0, 0.1) is 0 Å². The van der Waals surface area contributed by atoms with Gasteiger partial charge in [-0.05, 0) is 18.4 Å². The van der Waals surface area contributed by atoms with Crippen molar-refractivity contribution in [1.82, 2.24) is 9.97 Å². The molecule has 0 spiro atoms. The van der Waals surface area contributed by atoms with E-state index in [9.17, 15) is 13.2 Å². The summed E-state index contributed by atoms with van der Waals surface area (Å²) in [6.07, 6.45) is -3.21. The molecule has 0 aliphatic carbocycles. The highest BCUT2D eigenvalue weighted by molar-refractivity contribution is 5.33. The third-order valence-corrected chi connectivity index (χ3v) is 2.68. The molecule has 0 fully saturated rings. The third kappa shape index (κ3) is 4.62. The predicted octanol–water partition coefficient (Wildman–Crippen LogP) is 3.09. The molecule has 0 radical (unpaired) electrons. The lowest BCUT2D eigenvalue weighted by Gasteiger charge is -2.09. The number of benzene rings is 1. The number of nitrogen functional groups attached to an aromatic ring is 1. The molecule has 0 aliphatic heterocycles. The van der Waals surface area contributed by atoms with Crippen molar-refractivity contribution in [3.8, 4) is 5.88 Å². The molecule has 0 saturated heterocycles. The van der Waals surface area contributed by atoms with E-state index in [1.165, 1.54) is 6.07 Å². The van der Waals surface area contributed by atoms with Gasteiger partial charge in [-0.2, -0.15) is 18.2 Å². The summed E-state index contributed by atoms with van der Waals surface area (Å²) in [7, 11) is 0. The molecule has 4 nitrogen and oxygen atoms in total. The second-order valence-electron chi connectivity index (χ2n) is 4.39. The zero-order valence-corrected chi connectivity index (χ0v) is 11.1. The van der Waals surface area contributed by atoms with Gasteiger partial charge in [0.25, 0.3) is 0 Å². The van der Waals surface area contributed by atoms with Crippen LogP contribution in [0.1, 0.15) is 17.8 Å². The van der Waals surface area contributed by atoms with Crippen LogP contribution in [0.4, 0.5) is 19.0 Å². The van der Waals surface area contributed by atoms with E-state index in [0.717, 1.165) is 12.0 Å². The van der Waals surface area contributed by atoms with Gasteiger partial charge in [-0.3, -0.25) is 0 Å². The molecular formula is C14H14F3N3O. The Balaban J connectivity index is 1.90. The molecule has 7 heteroatoms. The normalized spacial score (nSPS) is 11.4. The highest BCUT2D eigenvalue weighted by Gasteiger charge is 2.35. The Kier molecular flexibility index (Phi) is 4.62. The minimum absolute atomic E-state index is 0.164. The number of anilines is 1. The Bertz CT molecular complexity index is 588. The van der Waals surface area contributed by atoms with Gasteiger partial charge in [0.2, 0.25) is 11.7 Å². The number of rotatable bonds is 5. The van der Waals surface area contributed by atoms with E-state index in [1.807, 2.05) is 30.3 Å². The fraction of sp³-hybridized carbons (Fsp3) is 0.286. The van der Waals surface area contributed by atoms with Gasteiger partial charge in [-0.25, -0.2) is 4.98 Å². The molecule has 1 aromatic heterocycles. The summed E-state index contributed by atoms with van der Waals surface area (Å²) in [5.41, 5.74) is 6.46. The third-order valence-electron chi connectivity index (χ3n) is 2.68. The zero-order chi connectivity index (χ0) is 15.3. The van der Waals surface area contributed by atoms with Crippen molar-refractivity contribution in [1.29, 1.82) is 0 Å². The number of hydrogen-bond acceptors (Lipinski definition) is 4. The van der Waals surface area contributed by atoms with Gasteiger partial charge in [-0.1, -0.05) is 30.3 Å². The van der Waals surface area contributed by atoms with Crippen LogP contribution in [0.15, 0.2) is 36.4 Å². The summed E-state index contributed by atoms with van der Waals surface area (Å²) >= 11 is 0. The molecule has 1 heterocycles. The number of aryl methyl sites for hydroxylation is 1. The summed E-state index contributed by atoms with van der Waals surface area (Å²) in [6.45, 7) is 0.253. The Morgan fingerprint density at radius 3 is 2.48 bits per heavy atom. The number of aromatic nitrogens is 2. The molecule has 0 bridgehead atoms. The van der Waals surface area contributed by atoms with Crippen LogP contribution < -0.4 is 10.5 Å². The van der Waals surface area contributed by atoms with E-state index in [4.69, 9.17) is 10.5 Å². The number of halogens is 3. The summed E-state index contributed by atoms with van der Waals surface area (Å²) in [5.74, 6) is -1.72. The maximum Gasteiger partial charge on any atom is 0.451 e. The molecule has 0 saturated carbocycles. The second-order valence-corrected chi connectivity index (χ2v) is 4.39. The highest BCUT2D eigenvalue weighted by atomic mass is 19.4. The Morgan fingerprint density at radius 1 is 1.10 bits per heavy atom.